The van der Waals surface area contributed by atoms with Gasteiger partial charge in [0.1, 0.15) is 22.8 Å². The second-order valence-electron chi connectivity index (χ2n) is 22.0. The number of aromatic hydroxyl groups is 2. The zero-order valence-corrected chi connectivity index (χ0v) is 49.5. The molecule has 0 bridgehead atoms. The molecule has 0 radical (unpaired) electrons. The standard InChI is InChI=1S/C65H77N9O14/c1-37(2)60(38(3)75)74-63(85)43(30-40-14-17-44(76)18-15-40)34-54(80)52(31-39-10-5-4-6-11-39)73-62(84)41(12-9-27-71-65(67)68)33-53(79)51(13-7-8-26-66)72-58(82)25-28-69-57(81)24-29-70-61(83)42-16-21-47(50(32-42)64(86)87)59-48-22-19-45(77)35-55(48)88-56-36-46(78)20-23-49(56)59/h4-6,10-11,14-23,32,35-37,41,43,51-52,60,76-77H,7-9,12-13,24-31,33-34,66H2,1-3H3,(H,69,81)(H,70,83)(H,72,82)(H,73,84)(H,74,85)(H,86,87)(H4,67,68,71)/t41-,43-,51+,52+,60+/m1/s1. The molecule has 2 aliphatic rings. The van der Waals surface area contributed by atoms with Gasteiger partial charge in [-0.05, 0) is 130 Å². The minimum Gasteiger partial charge on any atom is -0.508 e. The number of aliphatic imine (C=N–C) groups is 1. The first-order chi connectivity index (χ1) is 42.0. The highest BCUT2D eigenvalue weighted by molar-refractivity contribution is 6.09. The van der Waals surface area contributed by atoms with E-state index in [4.69, 9.17) is 21.6 Å². The van der Waals surface area contributed by atoms with Crippen molar-refractivity contribution < 1.29 is 62.9 Å². The van der Waals surface area contributed by atoms with E-state index in [2.05, 4.69) is 31.6 Å². The van der Waals surface area contributed by atoms with Crippen LogP contribution >= 0.6 is 0 Å². The lowest BCUT2D eigenvalue weighted by molar-refractivity contribution is -0.135. The Morgan fingerprint density at radius 2 is 1.28 bits per heavy atom. The van der Waals surface area contributed by atoms with E-state index in [1.165, 1.54) is 67.6 Å². The molecule has 4 aromatic rings. The van der Waals surface area contributed by atoms with E-state index in [1.54, 1.807) is 62.4 Å². The number of unbranched alkanes of at least 4 members (excludes halogenated alkanes) is 1. The second kappa shape index (κ2) is 32.7. The van der Waals surface area contributed by atoms with E-state index in [0.29, 0.717) is 47.0 Å². The fourth-order valence-electron chi connectivity index (χ4n) is 10.3. The van der Waals surface area contributed by atoms with E-state index >= 15 is 0 Å². The Hall–Kier alpha value is -9.77. The number of benzene rings is 5. The predicted octanol–water partition coefficient (Wildman–Crippen LogP) is 4.82. The molecule has 23 nitrogen and oxygen atoms in total. The van der Waals surface area contributed by atoms with Gasteiger partial charge in [-0.1, -0.05) is 62.4 Å². The van der Waals surface area contributed by atoms with Crippen LogP contribution in [0, 0.1) is 17.8 Å². The van der Waals surface area contributed by atoms with Crippen molar-refractivity contribution >= 4 is 69.8 Å². The Labute approximate surface area is 508 Å². The van der Waals surface area contributed by atoms with Crippen LogP contribution in [0.25, 0.3) is 33.4 Å². The molecule has 23 heteroatoms. The molecule has 0 fully saturated rings. The number of Topliss-reactive ketones (excluding diaryl/α,β-unsaturated/α-hetero) is 3. The number of carbonyl (C=O) groups excluding carboxylic acids is 8. The van der Waals surface area contributed by atoms with Crippen molar-refractivity contribution in [3.8, 4) is 33.9 Å². The molecule has 1 heterocycles. The largest absolute Gasteiger partial charge is 0.508 e. The molecule has 14 N–H and O–H groups in total. The van der Waals surface area contributed by atoms with Crippen LogP contribution in [0.5, 0.6) is 11.5 Å². The first-order valence-electron chi connectivity index (χ1n) is 29.2. The Morgan fingerprint density at radius 1 is 0.636 bits per heavy atom. The lowest BCUT2D eigenvalue weighted by Crippen LogP contribution is -2.49. The fourth-order valence-corrected chi connectivity index (χ4v) is 10.3. The van der Waals surface area contributed by atoms with Gasteiger partial charge in [0.25, 0.3) is 5.91 Å². The summed E-state index contributed by atoms with van der Waals surface area (Å²) in [5.41, 5.74) is 18.9. The van der Waals surface area contributed by atoms with Gasteiger partial charge in [0, 0.05) is 91.4 Å². The molecule has 0 spiro atoms. The topological polar surface area (TPSA) is 395 Å². The summed E-state index contributed by atoms with van der Waals surface area (Å²) in [6.45, 7) is 5.03. The van der Waals surface area contributed by atoms with E-state index in [9.17, 15) is 63.3 Å². The molecule has 0 saturated heterocycles. The molecule has 5 atom stereocenters. The van der Waals surface area contributed by atoms with Gasteiger partial charge < -0.3 is 63.5 Å². The zero-order valence-electron chi connectivity index (χ0n) is 49.5. The quantitative estimate of drug-likeness (QED) is 0.0112. The number of phenolic OH excluding ortho intramolecular Hbond substituents is 2. The van der Waals surface area contributed by atoms with Gasteiger partial charge in [0.2, 0.25) is 23.6 Å². The SMILES string of the molecule is CC(=O)[C@@H](NC(=O)[C@@H](CC(=O)[C@H](Cc1ccccc1)NC(=O)[C@H](CCCN=C(N)N)CC(=O)[C@H](CCCCN)NC(=O)CCNC(=O)CCNC(=O)c1ccc(-c2c3ccc(=O)cc-3oc3cc(O)ccc23)c(C(=O)O)c1)Cc1ccc(O)cc1)C(C)C. The number of guanidine groups is 1. The number of hydrogen-bond donors (Lipinski definition) is 11. The summed E-state index contributed by atoms with van der Waals surface area (Å²) in [7, 11) is 0. The van der Waals surface area contributed by atoms with Gasteiger partial charge in [-0.3, -0.25) is 48.1 Å². The van der Waals surface area contributed by atoms with E-state index in [0.717, 1.165) is 0 Å². The number of rotatable bonds is 34. The van der Waals surface area contributed by atoms with Crippen LogP contribution in [0.2, 0.25) is 0 Å². The van der Waals surface area contributed by atoms with Gasteiger partial charge in [0.05, 0.1) is 23.7 Å². The third kappa shape index (κ3) is 19.9. The Bertz CT molecular complexity index is 3530. The minimum atomic E-state index is -1.36. The third-order valence-electron chi connectivity index (χ3n) is 14.9. The monoisotopic (exact) mass is 1210 g/mol. The number of nitrogens with one attached hydrogen (secondary N) is 5. The number of hydrogen-bond acceptors (Lipinski definition) is 15. The number of fused-ring (bicyclic) bond motifs is 2. The van der Waals surface area contributed by atoms with E-state index < -0.39 is 77.0 Å². The maximum absolute atomic E-state index is 14.6. The summed E-state index contributed by atoms with van der Waals surface area (Å²) in [5, 5.41) is 44.6. The van der Waals surface area contributed by atoms with Crippen molar-refractivity contribution in [2.75, 3.05) is 26.2 Å². The third-order valence-corrected chi connectivity index (χ3v) is 14.9. The highest BCUT2D eigenvalue weighted by atomic mass is 16.4. The van der Waals surface area contributed by atoms with Crippen molar-refractivity contribution in [2.24, 2.45) is 39.9 Å². The lowest BCUT2D eigenvalue weighted by Gasteiger charge is -2.26. The Morgan fingerprint density at radius 3 is 1.97 bits per heavy atom. The number of carbonyl (C=O) groups is 9. The summed E-state index contributed by atoms with van der Waals surface area (Å²) in [4.78, 5) is 139. The van der Waals surface area contributed by atoms with Gasteiger partial charge >= 0.3 is 5.97 Å². The maximum atomic E-state index is 14.6. The Balaban J connectivity index is 1.10. The van der Waals surface area contributed by atoms with Gasteiger partial charge in [-0.25, -0.2) is 4.79 Å². The lowest BCUT2D eigenvalue weighted by atomic mass is 9.88. The zero-order chi connectivity index (χ0) is 64.0. The summed E-state index contributed by atoms with van der Waals surface area (Å²) in [6.07, 6.45) is 0.311. The van der Waals surface area contributed by atoms with Gasteiger partial charge in [0.15, 0.2) is 28.7 Å². The van der Waals surface area contributed by atoms with E-state index in [-0.39, 0.29) is 140 Å². The van der Waals surface area contributed by atoms with Crippen LogP contribution in [-0.4, -0.2) is 118 Å². The smallest absolute Gasteiger partial charge is 0.336 e. The van der Waals surface area contributed by atoms with Crippen LogP contribution in [0.4, 0.5) is 0 Å². The summed E-state index contributed by atoms with van der Waals surface area (Å²) in [6, 6.07) is 24.3. The first-order valence-corrected chi connectivity index (χ1v) is 29.2. The molecule has 1 aliphatic carbocycles. The Kier molecular flexibility index (Phi) is 25.0. The van der Waals surface area contributed by atoms with E-state index in [1.807, 2.05) is 0 Å². The maximum Gasteiger partial charge on any atom is 0.336 e. The van der Waals surface area contributed by atoms with Crippen molar-refractivity contribution in [3.63, 3.8) is 0 Å². The van der Waals surface area contributed by atoms with Crippen LogP contribution in [0.15, 0.2) is 123 Å². The number of nitrogens with two attached hydrogens (primary N) is 3. The normalized spacial score (nSPS) is 12.9. The first kappa shape index (κ1) is 67.4. The van der Waals surface area contributed by atoms with Crippen molar-refractivity contribution in [2.45, 2.75) is 110 Å². The van der Waals surface area contributed by atoms with Crippen molar-refractivity contribution in [3.05, 3.63) is 142 Å². The fraction of sp³-hybridized carbons (Fsp3) is 0.369. The summed E-state index contributed by atoms with van der Waals surface area (Å²) >= 11 is 0. The number of amides is 5. The molecule has 0 aromatic heterocycles. The number of ketones is 3. The van der Waals surface area contributed by atoms with Crippen LogP contribution in [0.1, 0.15) is 110 Å². The van der Waals surface area contributed by atoms with Crippen LogP contribution in [-0.2, 0) is 46.4 Å². The molecule has 4 aromatic carbocycles. The second-order valence-corrected chi connectivity index (χ2v) is 22.0. The van der Waals surface area contributed by atoms with Gasteiger partial charge in [-0.15, -0.1) is 0 Å². The molecule has 1 aliphatic heterocycles. The van der Waals surface area contributed by atoms with Crippen LogP contribution < -0.4 is 49.2 Å². The predicted molar refractivity (Wildman–Crippen MR) is 330 cm³/mol. The summed E-state index contributed by atoms with van der Waals surface area (Å²) in [5.74, 6) is -8.08. The molecule has 88 heavy (non-hydrogen) atoms. The highest BCUT2D eigenvalue weighted by Crippen LogP contribution is 2.42. The number of aromatic carboxylic acids is 1. The average molecular weight is 1210 g/mol. The highest BCUT2D eigenvalue weighted by Gasteiger charge is 2.34. The number of carboxylic acids is 1. The molecule has 466 valence electrons. The summed E-state index contributed by atoms with van der Waals surface area (Å²) < 4.78 is 5.89. The number of phenols is 2. The number of carboxylic acid groups (broad SMARTS) is 1. The van der Waals surface area contributed by atoms with Gasteiger partial charge in [-0.2, -0.15) is 0 Å². The number of nitrogens with zero attached hydrogens (tertiary/aromatic N) is 1. The molecule has 6 rings (SSSR count). The van der Waals surface area contributed by atoms with Crippen molar-refractivity contribution in [1.29, 1.82) is 0 Å². The minimum absolute atomic E-state index is 0.00133. The molecular formula is C65H77N9O14. The molecule has 0 saturated carbocycles. The molecule has 5 amide bonds. The molecular weight excluding hydrogens is 1130 g/mol. The van der Waals surface area contributed by atoms with Crippen LogP contribution in [0.3, 0.4) is 0 Å². The van der Waals surface area contributed by atoms with Crippen molar-refractivity contribution in [1.82, 2.24) is 26.6 Å². The molecule has 0 unspecified atom stereocenters. The average Bonchev–Trinajstić information content (AvgIpc) is 1.13.